The quantitative estimate of drug-likeness (QED) is 0.681. The number of esters is 1. The number of carbonyl (C=O) groups is 1. The highest BCUT2D eigenvalue weighted by molar-refractivity contribution is 5.90. The predicted molar refractivity (Wildman–Crippen MR) is 49.0 cm³/mol. The van der Waals surface area contributed by atoms with Gasteiger partial charge in [0.15, 0.2) is 0 Å². The zero-order chi connectivity index (χ0) is 10.7. The molecule has 0 fully saturated rings. The van der Waals surface area contributed by atoms with Gasteiger partial charge in [0.25, 0.3) is 0 Å². The summed E-state index contributed by atoms with van der Waals surface area (Å²) >= 11 is 0. The number of halogens is 1. The molecule has 1 aromatic carbocycles. The smallest absolute Gasteiger partial charge is 0.340 e. The molecular formula is C10H11FO3. The molecule has 0 aromatic heterocycles. The summed E-state index contributed by atoms with van der Waals surface area (Å²) < 4.78 is 22.6. The summed E-state index contributed by atoms with van der Waals surface area (Å²) in [6.07, 6.45) is 0. The van der Waals surface area contributed by atoms with E-state index in [2.05, 4.69) is 4.74 Å². The molecule has 0 aliphatic rings. The molecule has 76 valence electrons. The summed E-state index contributed by atoms with van der Waals surface area (Å²) in [7, 11) is 2.65. The van der Waals surface area contributed by atoms with Crippen molar-refractivity contribution in [1.29, 1.82) is 0 Å². The van der Waals surface area contributed by atoms with E-state index in [1.54, 1.807) is 6.92 Å². The molecule has 0 bridgehead atoms. The molecule has 4 heteroatoms. The Balaban J connectivity index is 3.21. The number of hydrogen-bond donors (Lipinski definition) is 0. The SMILES string of the molecule is COC(=O)c1cc(C)c(OC)cc1F. The third kappa shape index (κ3) is 1.84. The Hall–Kier alpha value is -1.58. The zero-order valence-electron chi connectivity index (χ0n) is 8.26. The fourth-order valence-electron chi connectivity index (χ4n) is 1.15. The van der Waals surface area contributed by atoms with E-state index in [4.69, 9.17) is 4.74 Å². The summed E-state index contributed by atoms with van der Waals surface area (Å²) in [6, 6.07) is 2.57. The molecule has 0 radical (unpaired) electrons. The van der Waals surface area contributed by atoms with E-state index in [0.29, 0.717) is 11.3 Å². The number of benzene rings is 1. The van der Waals surface area contributed by atoms with E-state index in [-0.39, 0.29) is 5.56 Å². The Bertz CT molecular complexity index is 361. The lowest BCUT2D eigenvalue weighted by molar-refractivity contribution is 0.0595. The van der Waals surface area contributed by atoms with Gasteiger partial charge in [-0.25, -0.2) is 9.18 Å². The van der Waals surface area contributed by atoms with Crippen LogP contribution < -0.4 is 4.74 Å². The Morgan fingerprint density at radius 2 is 2.00 bits per heavy atom. The van der Waals surface area contributed by atoms with Crippen LogP contribution >= 0.6 is 0 Å². The van der Waals surface area contributed by atoms with Crippen LogP contribution in [0, 0.1) is 12.7 Å². The van der Waals surface area contributed by atoms with Gasteiger partial charge >= 0.3 is 5.97 Å². The van der Waals surface area contributed by atoms with Crippen molar-refractivity contribution in [1.82, 2.24) is 0 Å². The third-order valence-electron chi connectivity index (χ3n) is 1.89. The van der Waals surface area contributed by atoms with Gasteiger partial charge < -0.3 is 9.47 Å². The van der Waals surface area contributed by atoms with Crippen molar-refractivity contribution in [2.45, 2.75) is 6.92 Å². The number of methoxy groups -OCH3 is 2. The molecule has 0 unspecified atom stereocenters. The van der Waals surface area contributed by atoms with Gasteiger partial charge in [0, 0.05) is 6.07 Å². The molecule has 1 rings (SSSR count). The van der Waals surface area contributed by atoms with Crippen molar-refractivity contribution >= 4 is 5.97 Å². The molecule has 3 nitrogen and oxygen atoms in total. The van der Waals surface area contributed by atoms with Crippen molar-refractivity contribution in [2.24, 2.45) is 0 Å². The van der Waals surface area contributed by atoms with Crippen molar-refractivity contribution < 1.29 is 18.7 Å². The van der Waals surface area contributed by atoms with Gasteiger partial charge in [0.05, 0.1) is 19.8 Å². The van der Waals surface area contributed by atoms with Crippen molar-refractivity contribution in [3.8, 4) is 5.75 Å². The van der Waals surface area contributed by atoms with Crippen LogP contribution in [-0.4, -0.2) is 20.2 Å². The first kappa shape index (κ1) is 10.5. The Morgan fingerprint density at radius 1 is 1.36 bits per heavy atom. The Morgan fingerprint density at radius 3 is 2.50 bits per heavy atom. The van der Waals surface area contributed by atoms with E-state index in [0.717, 1.165) is 0 Å². The van der Waals surface area contributed by atoms with Gasteiger partial charge in [-0.2, -0.15) is 0 Å². The second kappa shape index (κ2) is 4.09. The second-order valence-corrected chi connectivity index (χ2v) is 2.79. The van der Waals surface area contributed by atoms with E-state index in [9.17, 15) is 9.18 Å². The molecule has 1 aromatic rings. The van der Waals surface area contributed by atoms with Gasteiger partial charge in [-0.3, -0.25) is 0 Å². The molecular weight excluding hydrogens is 187 g/mol. The van der Waals surface area contributed by atoms with E-state index in [1.807, 2.05) is 0 Å². The maximum atomic E-state index is 13.3. The normalized spacial score (nSPS) is 9.71. The number of hydrogen-bond acceptors (Lipinski definition) is 3. The van der Waals surface area contributed by atoms with E-state index in [1.165, 1.54) is 26.4 Å². The minimum absolute atomic E-state index is 0.0780. The van der Waals surface area contributed by atoms with Crippen LogP contribution in [0.15, 0.2) is 12.1 Å². The maximum Gasteiger partial charge on any atom is 0.340 e. The lowest BCUT2D eigenvalue weighted by atomic mass is 10.1. The average Bonchev–Trinajstić information content (AvgIpc) is 2.19. The van der Waals surface area contributed by atoms with Crippen molar-refractivity contribution in [3.05, 3.63) is 29.1 Å². The fourth-order valence-corrected chi connectivity index (χ4v) is 1.15. The highest BCUT2D eigenvalue weighted by atomic mass is 19.1. The Kier molecular flexibility index (Phi) is 3.06. The fraction of sp³-hybridized carbons (Fsp3) is 0.300. The van der Waals surface area contributed by atoms with Crippen LogP contribution in [0.25, 0.3) is 0 Å². The first-order valence-corrected chi connectivity index (χ1v) is 4.02. The average molecular weight is 198 g/mol. The highest BCUT2D eigenvalue weighted by Crippen LogP contribution is 2.22. The van der Waals surface area contributed by atoms with E-state index < -0.39 is 11.8 Å². The molecule has 0 atom stereocenters. The molecule has 0 amide bonds. The van der Waals surface area contributed by atoms with Gasteiger partial charge in [0.2, 0.25) is 0 Å². The van der Waals surface area contributed by atoms with Gasteiger partial charge in [-0.05, 0) is 18.6 Å². The molecule has 0 aliphatic carbocycles. The van der Waals surface area contributed by atoms with Crippen LogP contribution in [0.5, 0.6) is 5.75 Å². The first-order chi connectivity index (χ1) is 6.60. The molecule has 14 heavy (non-hydrogen) atoms. The van der Waals surface area contributed by atoms with Gasteiger partial charge in [-0.1, -0.05) is 0 Å². The van der Waals surface area contributed by atoms with Crippen LogP contribution in [0.3, 0.4) is 0 Å². The molecule has 0 spiro atoms. The molecule has 0 N–H and O–H groups in total. The topological polar surface area (TPSA) is 35.5 Å². The summed E-state index contributed by atoms with van der Waals surface area (Å²) in [4.78, 5) is 11.1. The lowest BCUT2D eigenvalue weighted by Gasteiger charge is -2.07. The highest BCUT2D eigenvalue weighted by Gasteiger charge is 2.14. The lowest BCUT2D eigenvalue weighted by Crippen LogP contribution is -2.05. The minimum atomic E-state index is -0.687. The van der Waals surface area contributed by atoms with Crippen LogP contribution in [0.1, 0.15) is 15.9 Å². The minimum Gasteiger partial charge on any atom is -0.496 e. The monoisotopic (exact) mass is 198 g/mol. The van der Waals surface area contributed by atoms with Crippen molar-refractivity contribution in [3.63, 3.8) is 0 Å². The van der Waals surface area contributed by atoms with Gasteiger partial charge in [-0.15, -0.1) is 0 Å². The zero-order valence-corrected chi connectivity index (χ0v) is 8.26. The van der Waals surface area contributed by atoms with Crippen LogP contribution in [0.2, 0.25) is 0 Å². The van der Waals surface area contributed by atoms with Crippen LogP contribution in [0.4, 0.5) is 4.39 Å². The maximum absolute atomic E-state index is 13.3. The van der Waals surface area contributed by atoms with Crippen LogP contribution in [-0.2, 0) is 4.74 Å². The second-order valence-electron chi connectivity index (χ2n) is 2.79. The molecule has 0 saturated heterocycles. The molecule has 0 aliphatic heterocycles. The third-order valence-corrected chi connectivity index (χ3v) is 1.89. The number of aryl methyl sites for hydroxylation is 1. The first-order valence-electron chi connectivity index (χ1n) is 4.02. The summed E-state index contributed by atoms with van der Waals surface area (Å²) in [5, 5.41) is 0. The molecule has 0 heterocycles. The predicted octanol–water partition coefficient (Wildman–Crippen LogP) is 1.93. The van der Waals surface area contributed by atoms with Crippen molar-refractivity contribution in [2.75, 3.05) is 14.2 Å². The summed E-state index contributed by atoms with van der Waals surface area (Å²) in [6.45, 7) is 1.73. The van der Waals surface area contributed by atoms with E-state index >= 15 is 0 Å². The summed E-state index contributed by atoms with van der Waals surface area (Å²) in [5.41, 5.74) is 0.611. The Labute approximate surface area is 81.4 Å². The number of carbonyl (C=O) groups excluding carboxylic acids is 1. The van der Waals surface area contributed by atoms with Gasteiger partial charge in [0.1, 0.15) is 11.6 Å². The number of ether oxygens (including phenoxy) is 2. The largest absolute Gasteiger partial charge is 0.496 e. The number of rotatable bonds is 2. The molecule has 0 saturated carbocycles. The summed E-state index contributed by atoms with van der Waals surface area (Å²) in [5.74, 6) is -0.914. The standard InChI is InChI=1S/C10H11FO3/c1-6-4-7(10(12)14-3)8(11)5-9(6)13-2/h4-5H,1-3H3.